The largest absolute Gasteiger partial charge is 0.444 e. The van der Waals surface area contributed by atoms with Crippen molar-refractivity contribution in [3.8, 4) is 5.88 Å². The zero-order chi connectivity index (χ0) is 18.3. The molecule has 0 saturated carbocycles. The molecule has 1 amide bonds. The summed E-state index contributed by atoms with van der Waals surface area (Å²) in [6, 6.07) is 13.5. The third-order valence-corrected chi connectivity index (χ3v) is 3.10. The highest BCUT2D eigenvalue weighted by Gasteiger charge is 2.26. The van der Waals surface area contributed by atoms with Crippen LogP contribution in [0.5, 0.6) is 5.88 Å². The summed E-state index contributed by atoms with van der Waals surface area (Å²) in [6.07, 6.45) is 1.13. The van der Waals surface area contributed by atoms with Crippen molar-refractivity contribution in [1.29, 1.82) is 0 Å². The Morgan fingerprint density at radius 3 is 2.36 bits per heavy atom. The second-order valence-electron chi connectivity index (χ2n) is 6.48. The van der Waals surface area contributed by atoms with Crippen molar-refractivity contribution in [2.75, 3.05) is 0 Å². The molecule has 6 heteroatoms. The minimum Gasteiger partial charge on any atom is -0.444 e. The van der Waals surface area contributed by atoms with Crippen LogP contribution in [0.2, 0.25) is 0 Å². The summed E-state index contributed by atoms with van der Waals surface area (Å²) in [5, 5.41) is 2.58. The van der Waals surface area contributed by atoms with Gasteiger partial charge in [-0.2, -0.15) is 0 Å². The van der Waals surface area contributed by atoms with E-state index in [-0.39, 0.29) is 12.3 Å². The molecule has 0 aliphatic heterocycles. The monoisotopic (exact) mass is 342 g/mol. The van der Waals surface area contributed by atoms with Crippen LogP contribution in [0.4, 0.5) is 4.79 Å². The lowest BCUT2D eigenvalue weighted by atomic mass is 10.1. The molecule has 25 heavy (non-hydrogen) atoms. The van der Waals surface area contributed by atoms with Gasteiger partial charge < -0.3 is 14.8 Å². The number of rotatable bonds is 5. The second kappa shape index (κ2) is 8.28. The summed E-state index contributed by atoms with van der Waals surface area (Å²) in [5.41, 5.74) is 0.230. The second-order valence-corrected chi connectivity index (χ2v) is 6.48. The molecular weight excluding hydrogens is 320 g/mol. The number of nitrogens with one attached hydrogen (secondary N) is 1. The molecule has 1 N–H and O–H groups in total. The van der Waals surface area contributed by atoms with Crippen molar-refractivity contribution in [3.63, 3.8) is 0 Å². The van der Waals surface area contributed by atoms with E-state index in [2.05, 4.69) is 10.3 Å². The lowest BCUT2D eigenvalue weighted by molar-refractivity contribution is -0.137. The van der Waals surface area contributed by atoms with E-state index in [1.807, 2.05) is 30.3 Å². The quantitative estimate of drug-likeness (QED) is 0.845. The van der Waals surface area contributed by atoms with Crippen LogP contribution >= 0.6 is 0 Å². The number of amides is 1. The van der Waals surface area contributed by atoms with Crippen LogP contribution in [0.1, 0.15) is 26.3 Å². The minimum atomic E-state index is -0.890. The Hall–Kier alpha value is -2.89. The predicted molar refractivity (Wildman–Crippen MR) is 93.2 cm³/mol. The Kier molecular flexibility index (Phi) is 6.11. The lowest BCUT2D eigenvalue weighted by Crippen LogP contribution is -2.46. The molecular formula is C19H22N2O4. The molecule has 0 spiro atoms. The van der Waals surface area contributed by atoms with Gasteiger partial charge in [0.05, 0.1) is 0 Å². The normalized spacial score (nSPS) is 12.1. The number of alkyl carbamates (subject to hydrolysis) is 1. The molecule has 2 rings (SSSR count). The van der Waals surface area contributed by atoms with Crippen LogP contribution in [0.15, 0.2) is 54.7 Å². The van der Waals surface area contributed by atoms with Gasteiger partial charge in [0.1, 0.15) is 11.6 Å². The molecule has 0 saturated heterocycles. The number of carbonyl (C=O) groups excluding carboxylic acids is 2. The molecule has 132 valence electrons. The van der Waals surface area contributed by atoms with Crippen molar-refractivity contribution >= 4 is 12.1 Å². The summed E-state index contributed by atoms with van der Waals surface area (Å²) in [4.78, 5) is 28.5. The number of nitrogens with zero attached hydrogens (tertiary/aromatic N) is 1. The van der Waals surface area contributed by atoms with Gasteiger partial charge in [-0.1, -0.05) is 36.4 Å². The summed E-state index contributed by atoms with van der Waals surface area (Å²) in [7, 11) is 0. The van der Waals surface area contributed by atoms with Gasteiger partial charge in [-0.15, -0.1) is 0 Å². The van der Waals surface area contributed by atoms with E-state index in [4.69, 9.17) is 9.47 Å². The Morgan fingerprint density at radius 2 is 1.76 bits per heavy atom. The number of hydrogen-bond donors (Lipinski definition) is 1. The summed E-state index contributed by atoms with van der Waals surface area (Å²) >= 11 is 0. The molecule has 1 aromatic heterocycles. The first-order valence-corrected chi connectivity index (χ1v) is 8.00. The van der Waals surface area contributed by atoms with Gasteiger partial charge in [-0.05, 0) is 32.4 Å². The van der Waals surface area contributed by atoms with Gasteiger partial charge in [0.2, 0.25) is 5.88 Å². The number of ether oxygens (including phenoxy) is 2. The molecule has 1 aromatic carbocycles. The van der Waals surface area contributed by atoms with Crippen molar-refractivity contribution in [1.82, 2.24) is 10.3 Å². The summed E-state index contributed by atoms with van der Waals surface area (Å²) < 4.78 is 10.5. The average Bonchev–Trinajstić information content (AvgIpc) is 2.54. The zero-order valence-corrected chi connectivity index (χ0v) is 14.6. The van der Waals surface area contributed by atoms with Crippen LogP contribution in [0, 0.1) is 0 Å². The van der Waals surface area contributed by atoms with E-state index in [1.54, 1.807) is 39.0 Å². The predicted octanol–water partition coefficient (Wildman–Crippen LogP) is 3.12. The molecule has 0 fully saturated rings. The van der Waals surface area contributed by atoms with Crippen LogP contribution in [0.3, 0.4) is 0 Å². The first-order valence-electron chi connectivity index (χ1n) is 8.00. The highest BCUT2D eigenvalue weighted by molar-refractivity contribution is 5.83. The Morgan fingerprint density at radius 1 is 1.08 bits per heavy atom. The maximum Gasteiger partial charge on any atom is 0.408 e. The number of hydrogen-bond acceptors (Lipinski definition) is 5. The maximum absolute atomic E-state index is 12.5. The molecule has 0 bridgehead atoms. The fourth-order valence-electron chi connectivity index (χ4n) is 2.07. The maximum atomic E-state index is 12.5. The standard InChI is InChI=1S/C19H22N2O4/c1-19(2,3)25-18(23)21-15(13-14-9-5-4-6-10-14)17(22)24-16-11-7-8-12-20-16/h4-12,15H,13H2,1-3H3,(H,21,23)/t15-/m0/s1. The average molecular weight is 342 g/mol. The van der Waals surface area contributed by atoms with E-state index in [1.165, 1.54) is 6.20 Å². The smallest absolute Gasteiger partial charge is 0.408 e. The first kappa shape index (κ1) is 18.4. The summed E-state index contributed by atoms with van der Waals surface area (Å²) in [6.45, 7) is 5.26. The van der Waals surface area contributed by atoms with Crippen molar-refractivity contribution in [2.24, 2.45) is 0 Å². The lowest BCUT2D eigenvalue weighted by Gasteiger charge is -2.22. The number of benzene rings is 1. The molecule has 0 unspecified atom stereocenters. The molecule has 0 aliphatic rings. The van der Waals surface area contributed by atoms with Gasteiger partial charge in [0.25, 0.3) is 0 Å². The molecule has 0 radical (unpaired) electrons. The molecule has 0 aliphatic carbocycles. The molecule has 1 atom stereocenters. The highest BCUT2D eigenvalue weighted by atomic mass is 16.6. The van der Waals surface area contributed by atoms with Gasteiger partial charge >= 0.3 is 12.1 Å². The van der Waals surface area contributed by atoms with Crippen LogP contribution in [-0.2, 0) is 16.0 Å². The van der Waals surface area contributed by atoms with E-state index in [9.17, 15) is 9.59 Å². The van der Waals surface area contributed by atoms with Gasteiger partial charge in [-0.3, -0.25) is 0 Å². The third kappa shape index (κ3) is 6.63. The van der Waals surface area contributed by atoms with Crippen LogP contribution in [0.25, 0.3) is 0 Å². The fourth-order valence-corrected chi connectivity index (χ4v) is 2.07. The fraction of sp³-hybridized carbons (Fsp3) is 0.316. The number of aromatic nitrogens is 1. The highest BCUT2D eigenvalue weighted by Crippen LogP contribution is 2.11. The Bertz CT molecular complexity index is 696. The third-order valence-electron chi connectivity index (χ3n) is 3.10. The van der Waals surface area contributed by atoms with Crippen LogP contribution in [-0.4, -0.2) is 28.7 Å². The minimum absolute atomic E-state index is 0.177. The first-order chi connectivity index (χ1) is 11.8. The molecule has 2 aromatic rings. The van der Waals surface area contributed by atoms with Crippen molar-refractivity contribution in [3.05, 3.63) is 60.3 Å². The van der Waals surface area contributed by atoms with Gasteiger partial charge in [-0.25, -0.2) is 14.6 Å². The van der Waals surface area contributed by atoms with E-state index < -0.39 is 23.7 Å². The molecule has 1 heterocycles. The molecule has 6 nitrogen and oxygen atoms in total. The van der Waals surface area contributed by atoms with E-state index >= 15 is 0 Å². The number of pyridine rings is 1. The van der Waals surface area contributed by atoms with E-state index in [0.29, 0.717) is 0 Å². The summed E-state index contributed by atoms with van der Waals surface area (Å²) in [5.74, 6) is -0.426. The number of esters is 1. The van der Waals surface area contributed by atoms with Crippen molar-refractivity contribution in [2.45, 2.75) is 38.8 Å². The van der Waals surface area contributed by atoms with Crippen molar-refractivity contribution < 1.29 is 19.1 Å². The Labute approximate surface area is 147 Å². The number of carbonyl (C=O) groups is 2. The zero-order valence-electron chi connectivity index (χ0n) is 14.6. The van der Waals surface area contributed by atoms with Crippen LogP contribution < -0.4 is 10.1 Å². The SMILES string of the molecule is CC(C)(C)OC(=O)N[C@@H](Cc1ccccc1)C(=O)Oc1ccccn1. The Balaban J connectivity index is 2.10. The van der Waals surface area contributed by atoms with E-state index in [0.717, 1.165) is 5.56 Å². The van der Waals surface area contributed by atoms with Gasteiger partial charge in [0.15, 0.2) is 0 Å². The van der Waals surface area contributed by atoms with Gasteiger partial charge in [0, 0.05) is 18.7 Å². The topological polar surface area (TPSA) is 77.5 Å².